The lowest BCUT2D eigenvalue weighted by Gasteiger charge is -2.13. The molecule has 0 aliphatic rings. The van der Waals surface area contributed by atoms with Gasteiger partial charge in [-0.2, -0.15) is 0 Å². The maximum absolute atomic E-state index is 9.96. The van der Waals surface area contributed by atoms with E-state index < -0.39 is 6.10 Å². The summed E-state index contributed by atoms with van der Waals surface area (Å²) in [7, 11) is 1.65. The molecule has 124 valence electrons. The lowest BCUT2D eigenvalue weighted by molar-refractivity contribution is 0.114. The summed E-state index contributed by atoms with van der Waals surface area (Å²) in [6, 6.07) is 7.74. The Kier molecular flexibility index (Phi) is 9.02. The summed E-state index contributed by atoms with van der Waals surface area (Å²) in [6.07, 6.45) is -0.654. The number of guanidine groups is 1. The maximum atomic E-state index is 9.96. The predicted octanol–water partition coefficient (Wildman–Crippen LogP) is 0.936. The number of ether oxygens (including phenoxy) is 2. The van der Waals surface area contributed by atoms with E-state index in [1.807, 2.05) is 38.1 Å². The Morgan fingerprint density at radius 1 is 1.36 bits per heavy atom. The van der Waals surface area contributed by atoms with Gasteiger partial charge in [-0.15, -0.1) is 0 Å². The molecule has 1 aromatic carbocycles. The average Bonchev–Trinajstić information content (AvgIpc) is 2.51. The van der Waals surface area contributed by atoms with Gasteiger partial charge in [0.2, 0.25) is 0 Å². The van der Waals surface area contributed by atoms with E-state index in [4.69, 9.17) is 9.47 Å². The minimum Gasteiger partial charge on any atom is -0.491 e. The minimum atomic E-state index is -0.654. The van der Waals surface area contributed by atoms with E-state index in [2.05, 4.69) is 15.6 Å². The van der Waals surface area contributed by atoms with Gasteiger partial charge < -0.3 is 25.2 Å². The molecular weight excluding hydrogens is 282 g/mol. The van der Waals surface area contributed by atoms with Crippen LogP contribution >= 0.6 is 0 Å². The molecule has 0 amide bonds. The Morgan fingerprint density at radius 3 is 2.86 bits per heavy atom. The molecule has 0 saturated carbocycles. The van der Waals surface area contributed by atoms with Crippen LogP contribution in [0.4, 0.5) is 0 Å². The molecule has 1 aromatic rings. The molecule has 0 aliphatic carbocycles. The number of aliphatic hydroxyl groups is 1. The molecule has 0 spiro atoms. The van der Waals surface area contributed by atoms with Crippen LogP contribution in [0.2, 0.25) is 0 Å². The van der Waals surface area contributed by atoms with Gasteiger partial charge in [0.1, 0.15) is 18.5 Å². The van der Waals surface area contributed by atoms with Gasteiger partial charge in [-0.1, -0.05) is 12.1 Å². The molecule has 3 N–H and O–H groups in total. The summed E-state index contributed by atoms with van der Waals surface area (Å²) in [5, 5.41) is 16.2. The van der Waals surface area contributed by atoms with Crippen LogP contribution in [0.5, 0.6) is 5.75 Å². The molecular formula is C16H27N3O3. The van der Waals surface area contributed by atoms with Gasteiger partial charge in [0.25, 0.3) is 0 Å². The molecule has 0 aromatic heterocycles. The van der Waals surface area contributed by atoms with Crippen LogP contribution in [0.1, 0.15) is 12.5 Å². The summed E-state index contributed by atoms with van der Waals surface area (Å²) in [4.78, 5) is 4.32. The highest BCUT2D eigenvalue weighted by Gasteiger charge is 2.06. The molecule has 0 aliphatic heterocycles. The van der Waals surface area contributed by atoms with Crippen molar-refractivity contribution in [3.63, 3.8) is 0 Å². The molecule has 6 nitrogen and oxygen atoms in total. The molecule has 1 atom stereocenters. The zero-order valence-corrected chi connectivity index (χ0v) is 13.6. The summed E-state index contributed by atoms with van der Waals surface area (Å²) >= 11 is 0. The SMILES string of the molecule is CCNC(=NCC(O)COc1cccc(C)c1)NCCOC. The van der Waals surface area contributed by atoms with Crippen molar-refractivity contribution in [1.82, 2.24) is 10.6 Å². The lowest BCUT2D eigenvalue weighted by atomic mass is 10.2. The Bertz CT molecular complexity index is 452. The van der Waals surface area contributed by atoms with Gasteiger partial charge in [0.15, 0.2) is 5.96 Å². The van der Waals surface area contributed by atoms with Crippen molar-refractivity contribution in [1.29, 1.82) is 0 Å². The third-order valence-corrected chi connectivity index (χ3v) is 2.83. The van der Waals surface area contributed by atoms with Gasteiger partial charge in [-0.25, -0.2) is 0 Å². The fourth-order valence-corrected chi connectivity index (χ4v) is 1.76. The number of methoxy groups -OCH3 is 1. The average molecular weight is 309 g/mol. The van der Waals surface area contributed by atoms with Crippen molar-refractivity contribution in [3.8, 4) is 5.75 Å². The Labute approximate surface area is 132 Å². The minimum absolute atomic E-state index is 0.213. The first kappa shape index (κ1) is 18.3. The topological polar surface area (TPSA) is 75.1 Å². The van der Waals surface area contributed by atoms with E-state index in [0.717, 1.165) is 17.9 Å². The van der Waals surface area contributed by atoms with Gasteiger partial charge in [0, 0.05) is 20.2 Å². The number of rotatable bonds is 9. The van der Waals surface area contributed by atoms with Gasteiger partial charge in [-0.05, 0) is 31.5 Å². The summed E-state index contributed by atoms with van der Waals surface area (Å²) in [6.45, 7) is 6.50. The molecule has 0 radical (unpaired) electrons. The highest BCUT2D eigenvalue weighted by molar-refractivity contribution is 5.79. The second-order valence-corrected chi connectivity index (χ2v) is 4.92. The van der Waals surface area contributed by atoms with Gasteiger partial charge >= 0.3 is 0 Å². The summed E-state index contributed by atoms with van der Waals surface area (Å²) < 4.78 is 10.5. The number of aliphatic imine (C=N–C) groups is 1. The molecule has 0 saturated heterocycles. The molecule has 22 heavy (non-hydrogen) atoms. The maximum Gasteiger partial charge on any atom is 0.191 e. The zero-order chi connectivity index (χ0) is 16.2. The first-order chi connectivity index (χ1) is 10.7. The van der Waals surface area contributed by atoms with Gasteiger partial charge in [-0.3, -0.25) is 4.99 Å². The van der Waals surface area contributed by atoms with Crippen molar-refractivity contribution in [3.05, 3.63) is 29.8 Å². The first-order valence-corrected chi connectivity index (χ1v) is 7.54. The molecule has 0 bridgehead atoms. The van der Waals surface area contributed by atoms with Crippen LogP contribution in [0, 0.1) is 6.92 Å². The van der Waals surface area contributed by atoms with E-state index in [9.17, 15) is 5.11 Å². The van der Waals surface area contributed by atoms with Crippen molar-refractivity contribution in [2.75, 3.05) is 40.0 Å². The molecule has 0 fully saturated rings. The van der Waals surface area contributed by atoms with Crippen LogP contribution in [0.25, 0.3) is 0 Å². The van der Waals surface area contributed by atoms with Crippen LogP contribution in [-0.2, 0) is 4.74 Å². The van der Waals surface area contributed by atoms with Crippen LogP contribution in [0.15, 0.2) is 29.3 Å². The molecule has 1 rings (SSSR count). The number of aliphatic hydroxyl groups excluding tert-OH is 1. The van der Waals surface area contributed by atoms with Crippen LogP contribution < -0.4 is 15.4 Å². The first-order valence-electron chi connectivity index (χ1n) is 7.54. The standard InChI is InChI=1S/C16H27N3O3/c1-4-17-16(18-8-9-21-3)19-11-14(20)12-22-15-7-5-6-13(2)10-15/h5-7,10,14,20H,4,8-9,11-12H2,1-3H3,(H2,17,18,19). The molecule has 1 unspecified atom stereocenters. The Hall–Kier alpha value is -1.79. The van der Waals surface area contributed by atoms with Crippen molar-refractivity contribution >= 4 is 5.96 Å². The Morgan fingerprint density at radius 2 is 2.18 bits per heavy atom. The zero-order valence-electron chi connectivity index (χ0n) is 13.6. The predicted molar refractivity (Wildman–Crippen MR) is 88.5 cm³/mol. The molecule has 0 heterocycles. The number of hydrogen-bond acceptors (Lipinski definition) is 4. The number of aryl methyl sites for hydroxylation is 1. The highest BCUT2D eigenvalue weighted by Crippen LogP contribution is 2.12. The second-order valence-electron chi connectivity index (χ2n) is 4.92. The second kappa shape index (κ2) is 10.9. The fourth-order valence-electron chi connectivity index (χ4n) is 1.76. The van der Waals surface area contributed by atoms with Crippen LogP contribution in [-0.4, -0.2) is 57.1 Å². The van der Waals surface area contributed by atoms with Crippen molar-refractivity contribution in [2.24, 2.45) is 4.99 Å². The number of hydrogen-bond donors (Lipinski definition) is 3. The highest BCUT2D eigenvalue weighted by atomic mass is 16.5. The molecule has 6 heteroatoms. The Balaban J connectivity index is 2.37. The van der Waals surface area contributed by atoms with E-state index in [1.54, 1.807) is 7.11 Å². The third kappa shape index (κ3) is 7.85. The van der Waals surface area contributed by atoms with Crippen LogP contribution in [0.3, 0.4) is 0 Å². The number of nitrogens with one attached hydrogen (secondary N) is 2. The summed E-state index contributed by atoms with van der Waals surface area (Å²) in [5.41, 5.74) is 1.13. The van der Waals surface area contributed by atoms with E-state index >= 15 is 0 Å². The number of nitrogens with zero attached hydrogens (tertiary/aromatic N) is 1. The summed E-state index contributed by atoms with van der Waals surface area (Å²) in [5.74, 6) is 1.42. The third-order valence-electron chi connectivity index (χ3n) is 2.83. The van der Waals surface area contributed by atoms with Crippen molar-refractivity contribution in [2.45, 2.75) is 20.0 Å². The smallest absolute Gasteiger partial charge is 0.191 e. The monoisotopic (exact) mass is 309 g/mol. The van der Waals surface area contributed by atoms with E-state index in [0.29, 0.717) is 19.1 Å². The van der Waals surface area contributed by atoms with Crippen molar-refractivity contribution < 1.29 is 14.6 Å². The van der Waals surface area contributed by atoms with E-state index in [-0.39, 0.29) is 13.2 Å². The van der Waals surface area contributed by atoms with Gasteiger partial charge in [0.05, 0.1) is 13.2 Å². The van der Waals surface area contributed by atoms with E-state index in [1.165, 1.54) is 0 Å². The normalized spacial score (nSPS) is 12.8. The number of benzene rings is 1. The lowest BCUT2D eigenvalue weighted by Crippen LogP contribution is -2.39. The fraction of sp³-hybridized carbons (Fsp3) is 0.562. The quantitative estimate of drug-likeness (QED) is 0.359. The largest absolute Gasteiger partial charge is 0.491 e.